The zero-order chi connectivity index (χ0) is 18.7. The Hall–Kier alpha value is -2.66. The molecule has 26 heavy (non-hydrogen) atoms. The average molecular weight is 414 g/mol. The zero-order valence-corrected chi connectivity index (χ0v) is 15.9. The van der Waals surface area contributed by atoms with Gasteiger partial charge in [-0.1, -0.05) is 15.9 Å². The summed E-state index contributed by atoms with van der Waals surface area (Å²) in [4.78, 5) is 12.8. The number of halogens is 2. The molecule has 0 saturated carbocycles. The number of ketones is 1. The van der Waals surface area contributed by atoms with Crippen molar-refractivity contribution in [1.82, 2.24) is 0 Å². The number of aryl methyl sites for hydroxylation is 1. The maximum Gasteiger partial charge on any atom is 0.196 e. The van der Waals surface area contributed by atoms with Crippen LogP contribution in [0.5, 0.6) is 5.75 Å². The summed E-state index contributed by atoms with van der Waals surface area (Å²) in [6.45, 7) is 1.84. The van der Waals surface area contributed by atoms with Gasteiger partial charge in [0.1, 0.15) is 11.6 Å². The fourth-order valence-corrected chi connectivity index (χ4v) is 3.00. The summed E-state index contributed by atoms with van der Waals surface area (Å²) in [5.41, 5.74) is 3.50. The summed E-state index contributed by atoms with van der Waals surface area (Å²) in [5.74, 6) is 0.145. The molecule has 0 radical (unpaired) electrons. The minimum absolute atomic E-state index is 0.118. The average Bonchev–Trinajstić information content (AvgIpc) is 2.64. The van der Waals surface area contributed by atoms with Crippen molar-refractivity contribution in [3.63, 3.8) is 0 Å². The number of hydrogen-bond donors (Lipinski definition) is 1. The van der Waals surface area contributed by atoms with Gasteiger partial charge in [-0.25, -0.2) is 4.39 Å². The van der Waals surface area contributed by atoms with E-state index in [-0.39, 0.29) is 11.6 Å². The van der Waals surface area contributed by atoms with Crippen LogP contribution in [0, 0.1) is 12.7 Å². The third-order valence-corrected chi connectivity index (χ3v) is 4.51. The number of benzene rings is 3. The standard InChI is InChI=1S/C21H17BrFNO2/c1-13-11-16(23)6-9-19(13)24-17-7-3-14(4-8-17)21(25)18-12-15(22)5-10-20(18)26-2/h3-12,24H,1-2H3. The Morgan fingerprint density at radius 1 is 1.04 bits per heavy atom. The molecule has 0 aliphatic rings. The summed E-state index contributed by atoms with van der Waals surface area (Å²) in [6, 6.07) is 17.0. The second-order valence-electron chi connectivity index (χ2n) is 5.84. The lowest BCUT2D eigenvalue weighted by molar-refractivity contribution is 0.103. The van der Waals surface area contributed by atoms with Gasteiger partial charge in [0, 0.05) is 21.4 Å². The first-order valence-electron chi connectivity index (χ1n) is 7.99. The molecule has 0 aliphatic heterocycles. The second kappa shape index (κ2) is 7.70. The Morgan fingerprint density at radius 2 is 1.77 bits per heavy atom. The summed E-state index contributed by atoms with van der Waals surface area (Å²) in [7, 11) is 1.54. The lowest BCUT2D eigenvalue weighted by Gasteiger charge is -2.11. The first kappa shape index (κ1) is 18.1. The molecule has 0 atom stereocenters. The van der Waals surface area contributed by atoms with E-state index in [0.29, 0.717) is 16.9 Å². The van der Waals surface area contributed by atoms with Gasteiger partial charge in [-0.15, -0.1) is 0 Å². The van der Waals surface area contributed by atoms with Crippen molar-refractivity contribution in [3.05, 3.63) is 87.6 Å². The number of nitrogens with one attached hydrogen (secondary N) is 1. The molecule has 0 aliphatic carbocycles. The Labute approximate surface area is 159 Å². The van der Waals surface area contributed by atoms with E-state index in [1.807, 2.05) is 25.1 Å². The molecule has 3 rings (SSSR count). The highest BCUT2D eigenvalue weighted by molar-refractivity contribution is 9.10. The highest BCUT2D eigenvalue weighted by Gasteiger charge is 2.15. The van der Waals surface area contributed by atoms with Crippen LogP contribution in [0.15, 0.2) is 65.1 Å². The summed E-state index contributed by atoms with van der Waals surface area (Å²) < 4.78 is 19.3. The van der Waals surface area contributed by atoms with Gasteiger partial charge in [0.15, 0.2) is 5.78 Å². The number of ether oxygens (including phenoxy) is 1. The lowest BCUT2D eigenvalue weighted by Crippen LogP contribution is -2.04. The van der Waals surface area contributed by atoms with Gasteiger partial charge in [-0.05, 0) is 73.2 Å². The molecule has 0 fully saturated rings. The maximum absolute atomic E-state index is 13.2. The highest BCUT2D eigenvalue weighted by Crippen LogP contribution is 2.27. The topological polar surface area (TPSA) is 38.3 Å². The number of rotatable bonds is 5. The zero-order valence-electron chi connectivity index (χ0n) is 14.3. The fraction of sp³-hybridized carbons (Fsp3) is 0.0952. The van der Waals surface area contributed by atoms with Crippen molar-refractivity contribution < 1.29 is 13.9 Å². The van der Waals surface area contributed by atoms with E-state index in [1.54, 1.807) is 30.3 Å². The normalized spacial score (nSPS) is 10.5. The van der Waals surface area contributed by atoms with E-state index < -0.39 is 0 Å². The number of carbonyl (C=O) groups is 1. The Bertz CT molecular complexity index is 955. The number of anilines is 2. The first-order valence-corrected chi connectivity index (χ1v) is 8.78. The van der Waals surface area contributed by atoms with Gasteiger partial charge in [0.05, 0.1) is 12.7 Å². The van der Waals surface area contributed by atoms with E-state index in [9.17, 15) is 9.18 Å². The summed E-state index contributed by atoms with van der Waals surface area (Å²) in [5, 5.41) is 3.23. The van der Waals surface area contributed by atoms with Crippen molar-refractivity contribution in [3.8, 4) is 5.75 Å². The van der Waals surface area contributed by atoms with Crippen LogP contribution in [0.4, 0.5) is 15.8 Å². The molecule has 0 unspecified atom stereocenters. The van der Waals surface area contributed by atoms with Crippen molar-refractivity contribution in [2.45, 2.75) is 6.92 Å². The van der Waals surface area contributed by atoms with Gasteiger partial charge in [0.25, 0.3) is 0 Å². The molecule has 132 valence electrons. The molecule has 0 amide bonds. The van der Waals surface area contributed by atoms with Crippen molar-refractivity contribution in [2.75, 3.05) is 12.4 Å². The number of methoxy groups -OCH3 is 1. The van der Waals surface area contributed by atoms with E-state index in [2.05, 4.69) is 21.2 Å². The molecule has 1 N–H and O–H groups in total. The molecule has 0 bridgehead atoms. The SMILES string of the molecule is COc1ccc(Br)cc1C(=O)c1ccc(Nc2ccc(F)cc2C)cc1. The van der Waals surface area contributed by atoms with Crippen LogP contribution in [-0.4, -0.2) is 12.9 Å². The molecule has 0 aromatic heterocycles. The minimum Gasteiger partial charge on any atom is -0.496 e. The molecule has 5 heteroatoms. The summed E-state index contributed by atoms with van der Waals surface area (Å²) >= 11 is 3.38. The van der Waals surface area contributed by atoms with E-state index in [0.717, 1.165) is 21.4 Å². The quantitative estimate of drug-likeness (QED) is 0.530. The predicted octanol–water partition coefficient (Wildman–Crippen LogP) is 5.88. The Balaban J connectivity index is 1.83. The molecule has 3 aromatic rings. The Kier molecular flexibility index (Phi) is 5.38. The highest BCUT2D eigenvalue weighted by atomic mass is 79.9. The largest absolute Gasteiger partial charge is 0.496 e. The molecule has 3 nitrogen and oxygen atoms in total. The molecule has 0 heterocycles. The smallest absolute Gasteiger partial charge is 0.196 e. The lowest BCUT2D eigenvalue weighted by atomic mass is 10.0. The van der Waals surface area contributed by atoms with E-state index in [4.69, 9.17) is 4.74 Å². The second-order valence-corrected chi connectivity index (χ2v) is 6.75. The van der Waals surface area contributed by atoms with E-state index >= 15 is 0 Å². The molecule has 0 spiro atoms. The summed E-state index contributed by atoms with van der Waals surface area (Å²) in [6.07, 6.45) is 0. The molecule has 3 aromatic carbocycles. The van der Waals surface area contributed by atoms with Crippen molar-refractivity contribution in [2.24, 2.45) is 0 Å². The van der Waals surface area contributed by atoms with Crippen LogP contribution in [0.25, 0.3) is 0 Å². The van der Waals surface area contributed by atoms with Gasteiger partial charge in [-0.3, -0.25) is 4.79 Å². The van der Waals surface area contributed by atoms with Crippen LogP contribution in [0.3, 0.4) is 0 Å². The van der Waals surface area contributed by atoms with Crippen LogP contribution in [0.2, 0.25) is 0 Å². The first-order chi connectivity index (χ1) is 12.5. The van der Waals surface area contributed by atoms with Gasteiger partial charge in [-0.2, -0.15) is 0 Å². The monoisotopic (exact) mass is 413 g/mol. The van der Waals surface area contributed by atoms with Gasteiger partial charge in [0.2, 0.25) is 0 Å². The number of carbonyl (C=O) groups excluding carboxylic acids is 1. The van der Waals surface area contributed by atoms with Gasteiger partial charge >= 0.3 is 0 Å². The van der Waals surface area contributed by atoms with Crippen molar-refractivity contribution >= 4 is 33.1 Å². The van der Waals surface area contributed by atoms with Crippen LogP contribution in [0.1, 0.15) is 21.5 Å². The van der Waals surface area contributed by atoms with Crippen LogP contribution >= 0.6 is 15.9 Å². The van der Waals surface area contributed by atoms with Crippen LogP contribution in [-0.2, 0) is 0 Å². The number of hydrogen-bond acceptors (Lipinski definition) is 3. The molecule has 0 saturated heterocycles. The maximum atomic E-state index is 13.2. The van der Waals surface area contributed by atoms with Crippen LogP contribution < -0.4 is 10.1 Å². The molecular weight excluding hydrogens is 397 g/mol. The third-order valence-electron chi connectivity index (χ3n) is 4.02. The Morgan fingerprint density at radius 3 is 2.42 bits per heavy atom. The van der Waals surface area contributed by atoms with Crippen molar-refractivity contribution in [1.29, 1.82) is 0 Å². The fourth-order valence-electron chi connectivity index (χ4n) is 2.64. The predicted molar refractivity (Wildman–Crippen MR) is 105 cm³/mol. The minimum atomic E-state index is -0.267. The molecular formula is C21H17BrFNO2. The van der Waals surface area contributed by atoms with E-state index in [1.165, 1.54) is 19.2 Å². The van der Waals surface area contributed by atoms with Gasteiger partial charge < -0.3 is 10.1 Å². The third kappa shape index (κ3) is 3.94.